The van der Waals surface area contributed by atoms with Gasteiger partial charge in [-0.2, -0.15) is 0 Å². The van der Waals surface area contributed by atoms with E-state index in [1.54, 1.807) is 0 Å². The van der Waals surface area contributed by atoms with Crippen molar-refractivity contribution in [2.75, 3.05) is 16.8 Å². The molecule has 3 aromatic rings. The van der Waals surface area contributed by atoms with E-state index in [0.717, 1.165) is 38.2 Å². The number of hydrogen-bond acceptors (Lipinski definition) is 4. The van der Waals surface area contributed by atoms with E-state index >= 15 is 0 Å². The predicted molar refractivity (Wildman–Crippen MR) is 135 cm³/mol. The van der Waals surface area contributed by atoms with Crippen molar-refractivity contribution in [2.45, 2.75) is 44.9 Å². The highest BCUT2D eigenvalue weighted by Crippen LogP contribution is 2.37. The quantitative estimate of drug-likeness (QED) is 0.523. The second kappa shape index (κ2) is 8.11. The Labute approximate surface area is 195 Å². The molecular weight excluding hydrogens is 406 g/mol. The molecule has 0 bridgehead atoms. The average molecular weight is 436 g/mol. The molecule has 2 aliphatic heterocycles. The Balaban J connectivity index is 1.26. The van der Waals surface area contributed by atoms with Gasteiger partial charge in [0.15, 0.2) is 0 Å². The monoisotopic (exact) mass is 435 g/mol. The molecule has 4 nitrogen and oxygen atoms in total. The molecule has 4 heteroatoms. The largest absolute Gasteiger partial charge is 0.467 e. The lowest BCUT2D eigenvalue weighted by Crippen LogP contribution is -2.30. The molecule has 0 saturated carbocycles. The molecule has 33 heavy (non-hydrogen) atoms. The average Bonchev–Trinajstić information content (AvgIpc) is 3.29. The van der Waals surface area contributed by atoms with Crippen LogP contribution in [-0.4, -0.2) is 17.1 Å². The number of aryl methyl sites for hydroxylation is 1. The second-order valence-electron chi connectivity index (χ2n) is 9.46. The van der Waals surface area contributed by atoms with Gasteiger partial charge in [0.05, 0.1) is 0 Å². The van der Waals surface area contributed by atoms with E-state index in [9.17, 15) is 0 Å². The van der Waals surface area contributed by atoms with Gasteiger partial charge in [0, 0.05) is 49.7 Å². The van der Waals surface area contributed by atoms with Crippen molar-refractivity contribution in [3.8, 4) is 17.0 Å². The fourth-order valence-corrected chi connectivity index (χ4v) is 5.19. The van der Waals surface area contributed by atoms with Gasteiger partial charge in [-0.25, -0.2) is 4.98 Å². The second-order valence-corrected chi connectivity index (χ2v) is 9.46. The van der Waals surface area contributed by atoms with Gasteiger partial charge < -0.3 is 15.0 Å². The van der Waals surface area contributed by atoms with E-state index < -0.39 is 0 Å². The Morgan fingerprint density at radius 3 is 2.91 bits per heavy atom. The van der Waals surface area contributed by atoms with Gasteiger partial charge in [0.1, 0.15) is 5.60 Å². The molecule has 166 valence electrons. The summed E-state index contributed by atoms with van der Waals surface area (Å²) in [4.78, 5) is 6.91. The van der Waals surface area contributed by atoms with Crippen molar-refractivity contribution < 1.29 is 4.74 Å². The van der Waals surface area contributed by atoms with Crippen LogP contribution in [0.2, 0.25) is 0 Å². The first kappa shape index (κ1) is 20.1. The summed E-state index contributed by atoms with van der Waals surface area (Å²) in [6.07, 6.45) is 13.4. The smallest absolute Gasteiger partial charge is 0.216 e. The first-order chi connectivity index (χ1) is 16.2. The summed E-state index contributed by atoms with van der Waals surface area (Å²) in [6.45, 7) is 4.97. The lowest BCUT2D eigenvalue weighted by molar-refractivity contribution is 0.136. The maximum atomic E-state index is 6.28. The molecule has 1 aliphatic carbocycles. The zero-order valence-electron chi connectivity index (χ0n) is 19.1. The summed E-state index contributed by atoms with van der Waals surface area (Å²) in [5.41, 5.74) is 9.02. The van der Waals surface area contributed by atoms with Crippen LogP contribution in [0.4, 0.5) is 11.4 Å². The van der Waals surface area contributed by atoms with Crippen molar-refractivity contribution in [3.05, 3.63) is 95.7 Å². The Kier molecular flexibility index (Phi) is 4.94. The van der Waals surface area contributed by atoms with Gasteiger partial charge in [-0.15, -0.1) is 0 Å². The molecule has 2 aromatic carbocycles. The Morgan fingerprint density at radius 1 is 1.03 bits per heavy atom. The third-order valence-electron chi connectivity index (χ3n) is 6.98. The van der Waals surface area contributed by atoms with E-state index in [2.05, 4.69) is 88.9 Å². The number of pyridine rings is 1. The number of anilines is 2. The van der Waals surface area contributed by atoms with E-state index in [-0.39, 0.29) is 5.60 Å². The first-order valence-electron chi connectivity index (χ1n) is 11.9. The number of rotatable bonds is 4. The first-order valence-corrected chi connectivity index (χ1v) is 11.9. The predicted octanol–water partition coefficient (Wildman–Crippen LogP) is 6.28. The van der Waals surface area contributed by atoms with Crippen LogP contribution in [0.3, 0.4) is 0 Å². The summed E-state index contributed by atoms with van der Waals surface area (Å²) in [5, 5.41) is 3.53. The van der Waals surface area contributed by atoms with Gasteiger partial charge >= 0.3 is 0 Å². The fourth-order valence-electron chi connectivity index (χ4n) is 5.19. The highest BCUT2D eigenvalue weighted by atomic mass is 16.5. The highest BCUT2D eigenvalue weighted by molar-refractivity contribution is 5.74. The van der Waals surface area contributed by atoms with Crippen molar-refractivity contribution in [2.24, 2.45) is 0 Å². The molecule has 1 aromatic heterocycles. The molecule has 6 rings (SSSR count). The number of benzene rings is 2. The van der Waals surface area contributed by atoms with Gasteiger partial charge in [-0.1, -0.05) is 42.5 Å². The highest BCUT2D eigenvalue weighted by Gasteiger charge is 2.26. The van der Waals surface area contributed by atoms with Gasteiger partial charge in [-0.3, -0.25) is 0 Å². The van der Waals surface area contributed by atoms with Crippen LogP contribution in [-0.2, 0) is 19.5 Å². The molecule has 0 amide bonds. The van der Waals surface area contributed by atoms with Gasteiger partial charge in [0.2, 0.25) is 5.88 Å². The van der Waals surface area contributed by atoms with Crippen molar-refractivity contribution in [1.82, 2.24) is 4.98 Å². The van der Waals surface area contributed by atoms with E-state index in [1.807, 2.05) is 12.3 Å². The molecule has 1 atom stereocenters. The topological polar surface area (TPSA) is 37.4 Å². The lowest BCUT2D eigenvalue weighted by atomic mass is 9.93. The molecule has 0 fully saturated rings. The van der Waals surface area contributed by atoms with E-state index in [0.29, 0.717) is 5.88 Å². The van der Waals surface area contributed by atoms with E-state index in [4.69, 9.17) is 4.74 Å². The number of ether oxygens (including phenoxy) is 1. The SMILES string of the molecule is CC1(Oc2cc(N3Cc4cccc(-c5ccc6c(c5)CCCN6)c4C3)ccn2)C=CC=CC1. The molecule has 1 N–H and O–H groups in total. The number of allylic oxidation sites excluding steroid dienone is 2. The third kappa shape index (κ3) is 3.91. The lowest BCUT2D eigenvalue weighted by Gasteiger charge is -2.28. The van der Waals surface area contributed by atoms with Crippen molar-refractivity contribution in [1.29, 1.82) is 0 Å². The number of fused-ring (bicyclic) bond motifs is 2. The molecule has 3 aliphatic rings. The van der Waals surface area contributed by atoms with Crippen LogP contribution < -0.4 is 15.0 Å². The van der Waals surface area contributed by atoms with Crippen LogP contribution in [0.15, 0.2) is 79.0 Å². The fraction of sp³-hybridized carbons (Fsp3) is 0.276. The zero-order chi connectivity index (χ0) is 22.3. The van der Waals surface area contributed by atoms with Gasteiger partial charge in [-0.05, 0) is 71.9 Å². The minimum atomic E-state index is -0.344. The summed E-state index contributed by atoms with van der Waals surface area (Å²) in [5.74, 6) is 0.674. The molecule has 3 heterocycles. The van der Waals surface area contributed by atoms with Crippen LogP contribution in [0.25, 0.3) is 11.1 Å². The van der Waals surface area contributed by atoms with Crippen LogP contribution in [0.1, 0.15) is 36.5 Å². The summed E-state index contributed by atoms with van der Waals surface area (Å²) < 4.78 is 6.28. The zero-order valence-corrected chi connectivity index (χ0v) is 19.1. The molecule has 0 spiro atoms. The standard InChI is InChI=1S/C29H29N3O/c1-29(13-3-2-4-14-29)33-28-18-24(12-16-31-28)32-19-23-7-5-9-25(26(23)20-32)21-10-11-27-22(17-21)8-6-15-30-27/h2-5,7,9-13,16-18,30H,6,8,14-15,19-20H2,1H3. The van der Waals surface area contributed by atoms with Gasteiger partial charge in [0.25, 0.3) is 0 Å². The van der Waals surface area contributed by atoms with Crippen LogP contribution in [0, 0.1) is 0 Å². The summed E-state index contributed by atoms with van der Waals surface area (Å²) in [6, 6.07) is 17.8. The number of hydrogen-bond donors (Lipinski definition) is 1. The van der Waals surface area contributed by atoms with Crippen LogP contribution >= 0.6 is 0 Å². The molecule has 0 radical (unpaired) electrons. The molecule has 1 unspecified atom stereocenters. The molecule has 0 saturated heterocycles. The maximum Gasteiger partial charge on any atom is 0.216 e. The minimum absolute atomic E-state index is 0.344. The summed E-state index contributed by atoms with van der Waals surface area (Å²) in [7, 11) is 0. The Hall–Kier alpha value is -3.53. The summed E-state index contributed by atoms with van der Waals surface area (Å²) >= 11 is 0. The number of aromatic nitrogens is 1. The van der Waals surface area contributed by atoms with Crippen molar-refractivity contribution in [3.63, 3.8) is 0 Å². The minimum Gasteiger partial charge on any atom is -0.467 e. The normalized spacial score (nSPS) is 20.8. The Morgan fingerprint density at radius 2 is 2.00 bits per heavy atom. The Bertz CT molecular complexity index is 1260. The number of nitrogens with one attached hydrogen (secondary N) is 1. The third-order valence-corrected chi connectivity index (χ3v) is 6.98. The molecular formula is C29H29N3O. The van der Waals surface area contributed by atoms with Crippen LogP contribution in [0.5, 0.6) is 5.88 Å². The van der Waals surface area contributed by atoms with Crippen molar-refractivity contribution >= 4 is 11.4 Å². The number of nitrogens with zero attached hydrogens (tertiary/aromatic N) is 2. The maximum absolute atomic E-state index is 6.28. The van der Waals surface area contributed by atoms with E-state index in [1.165, 1.54) is 39.9 Å².